The number of esters is 1. The van der Waals surface area contributed by atoms with Gasteiger partial charge in [-0.1, -0.05) is 0 Å². The van der Waals surface area contributed by atoms with Crippen LogP contribution in [0.25, 0.3) is 0 Å². The molecule has 0 unspecified atom stereocenters. The van der Waals surface area contributed by atoms with Crippen LogP contribution in [0.1, 0.15) is 10.4 Å². The number of nitrogens with zero attached hydrogens (tertiary/aromatic N) is 2. The van der Waals surface area contributed by atoms with Crippen molar-refractivity contribution in [2.45, 2.75) is 6.18 Å². The highest BCUT2D eigenvalue weighted by atomic mass is 19.4. The molecule has 0 aliphatic carbocycles. The van der Waals surface area contributed by atoms with Crippen LogP contribution in [0.5, 0.6) is 11.6 Å². The third-order valence-corrected chi connectivity index (χ3v) is 2.68. The molecule has 0 bridgehead atoms. The Kier molecular flexibility index (Phi) is 5.15. The second-order valence-corrected chi connectivity index (χ2v) is 4.55. The molecular weight excluding hydrogens is 352 g/mol. The molecule has 1 aromatic carbocycles. The fourth-order valence-electron chi connectivity index (χ4n) is 1.62. The summed E-state index contributed by atoms with van der Waals surface area (Å²) in [5.74, 6) is -2.97. The van der Waals surface area contributed by atoms with Gasteiger partial charge in [0.15, 0.2) is 6.61 Å². The first-order valence-corrected chi connectivity index (χ1v) is 6.47. The van der Waals surface area contributed by atoms with Crippen LogP contribution in [-0.4, -0.2) is 28.7 Å². The van der Waals surface area contributed by atoms with Crippen molar-refractivity contribution in [3.8, 4) is 11.6 Å². The van der Waals surface area contributed by atoms with Gasteiger partial charge in [-0.2, -0.15) is 13.2 Å². The number of ether oxygens (including phenoxy) is 2. The first-order valence-electron chi connectivity index (χ1n) is 6.47. The van der Waals surface area contributed by atoms with Gasteiger partial charge in [-0.05, 0) is 12.1 Å². The number of alkyl halides is 3. The first-order chi connectivity index (χ1) is 11.7. The van der Waals surface area contributed by atoms with Crippen LogP contribution < -0.4 is 9.47 Å². The van der Waals surface area contributed by atoms with E-state index in [1.54, 1.807) is 0 Å². The maximum atomic E-state index is 13.2. The molecule has 132 valence electrons. The number of carbonyl (C=O) groups is 1. The van der Waals surface area contributed by atoms with Crippen molar-refractivity contribution in [3.05, 3.63) is 58.0 Å². The monoisotopic (exact) mass is 360 g/mol. The lowest BCUT2D eigenvalue weighted by Crippen LogP contribution is -2.19. The number of carbonyl (C=O) groups excluding carboxylic acids is 1. The summed E-state index contributed by atoms with van der Waals surface area (Å²) in [6.45, 7) is -1.56. The Morgan fingerprint density at radius 3 is 2.52 bits per heavy atom. The second-order valence-electron chi connectivity index (χ2n) is 4.55. The molecule has 0 aliphatic rings. The van der Waals surface area contributed by atoms with E-state index in [1.165, 1.54) is 0 Å². The fraction of sp³-hybridized carbons (Fsp3) is 0.143. The number of hydrogen-bond acceptors (Lipinski definition) is 6. The van der Waals surface area contributed by atoms with Crippen molar-refractivity contribution >= 4 is 11.7 Å². The zero-order valence-corrected chi connectivity index (χ0v) is 12.1. The molecule has 0 aliphatic heterocycles. The predicted octanol–water partition coefficient (Wildman–Crippen LogP) is 3.29. The summed E-state index contributed by atoms with van der Waals surface area (Å²) in [4.78, 5) is 25.3. The van der Waals surface area contributed by atoms with Gasteiger partial charge in [0.1, 0.15) is 5.82 Å². The first kappa shape index (κ1) is 18.1. The number of nitro groups is 1. The average molecular weight is 360 g/mol. The van der Waals surface area contributed by atoms with Gasteiger partial charge >= 0.3 is 17.8 Å². The molecule has 2 rings (SSSR count). The molecule has 0 radical (unpaired) electrons. The maximum absolute atomic E-state index is 13.2. The lowest BCUT2D eigenvalue weighted by atomic mass is 10.2. The highest BCUT2D eigenvalue weighted by molar-refractivity contribution is 5.91. The molecule has 0 fully saturated rings. The van der Waals surface area contributed by atoms with Gasteiger partial charge < -0.3 is 9.47 Å². The lowest BCUT2D eigenvalue weighted by molar-refractivity contribution is -0.385. The minimum atomic E-state index is -4.55. The van der Waals surface area contributed by atoms with E-state index in [-0.39, 0.29) is 11.4 Å². The van der Waals surface area contributed by atoms with E-state index < -0.39 is 40.9 Å². The average Bonchev–Trinajstić information content (AvgIpc) is 2.52. The molecule has 0 saturated carbocycles. The van der Waals surface area contributed by atoms with Crippen molar-refractivity contribution in [2.75, 3.05) is 6.61 Å². The van der Waals surface area contributed by atoms with Crippen LogP contribution in [0.15, 0.2) is 36.5 Å². The van der Waals surface area contributed by atoms with Gasteiger partial charge in [-0.15, -0.1) is 0 Å². The van der Waals surface area contributed by atoms with Crippen molar-refractivity contribution in [2.24, 2.45) is 0 Å². The molecule has 0 amide bonds. The Bertz CT molecular complexity index is 793. The van der Waals surface area contributed by atoms with Gasteiger partial charge in [-0.3, -0.25) is 10.1 Å². The third kappa shape index (κ3) is 5.12. The van der Waals surface area contributed by atoms with Crippen molar-refractivity contribution in [1.29, 1.82) is 0 Å². The Morgan fingerprint density at radius 2 is 1.96 bits per heavy atom. The standard InChI is InChI=1S/C14H8F4N2O5/c15-9-2-3-10(20(22)23)11(5-9)25-13(21)8-1-4-12(19-6-8)24-7-14(16,17)18/h1-6H,7H2. The van der Waals surface area contributed by atoms with Crippen LogP contribution in [-0.2, 0) is 0 Å². The minimum absolute atomic E-state index is 0.224. The van der Waals surface area contributed by atoms with E-state index in [4.69, 9.17) is 4.74 Å². The molecule has 0 N–H and O–H groups in total. The molecule has 2 aromatic rings. The van der Waals surface area contributed by atoms with Crippen molar-refractivity contribution < 1.29 is 36.8 Å². The Balaban J connectivity index is 2.11. The van der Waals surface area contributed by atoms with Gasteiger partial charge in [0, 0.05) is 24.4 Å². The number of pyridine rings is 1. The van der Waals surface area contributed by atoms with Crippen LogP contribution in [0.3, 0.4) is 0 Å². The summed E-state index contributed by atoms with van der Waals surface area (Å²) in [6.07, 6.45) is -3.69. The third-order valence-electron chi connectivity index (χ3n) is 2.68. The summed E-state index contributed by atoms with van der Waals surface area (Å²) < 4.78 is 58.3. The largest absolute Gasteiger partial charge is 0.468 e. The number of nitro benzene ring substituents is 1. The van der Waals surface area contributed by atoms with Crippen molar-refractivity contribution in [3.63, 3.8) is 0 Å². The number of aromatic nitrogens is 1. The molecule has 0 atom stereocenters. The van der Waals surface area contributed by atoms with Gasteiger partial charge in [0.05, 0.1) is 10.5 Å². The zero-order chi connectivity index (χ0) is 18.6. The predicted molar refractivity (Wildman–Crippen MR) is 73.8 cm³/mol. The van der Waals surface area contributed by atoms with E-state index in [0.717, 1.165) is 30.5 Å². The van der Waals surface area contributed by atoms with Crippen LogP contribution in [0.2, 0.25) is 0 Å². The van der Waals surface area contributed by atoms with Gasteiger partial charge in [0.25, 0.3) is 0 Å². The SMILES string of the molecule is O=C(Oc1cc(F)ccc1[N+](=O)[O-])c1ccc(OCC(F)(F)F)nc1. The topological polar surface area (TPSA) is 91.6 Å². The molecule has 25 heavy (non-hydrogen) atoms. The molecule has 7 nitrogen and oxygen atoms in total. The van der Waals surface area contributed by atoms with Crippen LogP contribution in [0.4, 0.5) is 23.2 Å². The number of halogens is 4. The fourth-order valence-corrected chi connectivity index (χ4v) is 1.62. The van der Waals surface area contributed by atoms with E-state index in [9.17, 15) is 32.5 Å². The van der Waals surface area contributed by atoms with E-state index in [0.29, 0.717) is 6.07 Å². The van der Waals surface area contributed by atoms with E-state index in [1.807, 2.05) is 0 Å². The highest BCUT2D eigenvalue weighted by Crippen LogP contribution is 2.28. The molecule has 1 heterocycles. The Morgan fingerprint density at radius 1 is 1.24 bits per heavy atom. The molecular formula is C14H8F4N2O5. The molecule has 11 heteroatoms. The number of rotatable bonds is 5. The molecule has 0 spiro atoms. The summed E-state index contributed by atoms with van der Waals surface area (Å²) in [6, 6.07) is 4.34. The zero-order valence-electron chi connectivity index (χ0n) is 12.1. The summed E-state index contributed by atoms with van der Waals surface area (Å²) in [5, 5.41) is 10.8. The minimum Gasteiger partial charge on any atom is -0.468 e. The lowest BCUT2D eigenvalue weighted by Gasteiger charge is -2.08. The highest BCUT2D eigenvalue weighted by Gasteiger charge is 2.28. The summed E-state index contributed by atoms with van der Waals surface area (Å²) in [7, 11) is 0. The van der Waals surface area contributed by atoms with Crippen LogP contribution in [0, 0.1) is 15.9 Å². The number of hydrogen-bond donors (Lipinski definition) is 0. The van der Waals surface area contributed by atoms with E-state index >= 15 is 0 Å². The normalized spacial score (nSPS) is 11.0. The van der Waals surface area contributed by atoms with Crippen LogP contribution >= 0.6 is 0 Å². The Labute approximate surface area is 137 Å². The van der Waals surface area contributed by atoms with E-state index in [2.05, 4.69) is 9.72 Å². The van der Waals surface area contributed by atoms with Gasteiger partial charge in [0.2, 0.25) is 11.6 Å². The second kappa shape index (κ2) is 7.11. The maximum Gasteiger partial charge on any atom is 0.422 e. The van der Waals surface area contributed by atoms with Gasteiger partial charge in [-0.25, -0.2) is 14.2 Å². The van der Waals surface area contributed by atoms with Crippen molar-refractivity contribution in [1.82, 2.24) is 4.98 Å². The summed E-state index contributed by atoms with van der Waals surface area (Å²) in [5.41, 5.74) is -0.856. The summed E-state index contributed by atoms with van der Waals surface area (Å²) >= 11 is 0. The molecule has 0 saturated heterocycles. The molecule has 1 aromatic heterocycles. The quantitative estimate of drug-likeness (QED) is 0.267. The number of benzene rings is 1. The Hall–Kier alpha value is -3.24. The smallest absolute Gasteiger partial charge is 0.422 e.